The number of nitrogens with zero attached hydrogens (tertiary/aromatic N) is 4. The van der Waals surface area contributed by atoms with E-state index >= 15 is 0 Å². The molecule has 0 atom stereocenters. The van der Waals surface area contributed by atoms with Gasteiger partial charge in [0, 0.05) is 18.5 Å². The predicted octanol–water partition coefficient (Wildman–Crippen LogP) is 6.87. The van der Waals surface area contributed by atoms with Gasteiger partial charge in [-0.1, -0.05) is 61.6 Å². The second-order valence-corrected chi connectivity index (χ2v) is 10.4. The molecule has 0 radical (unpaired) electrons. The predicted molar refractivity (Wildman–Crippen MR) is 149 cm³/mol. The summed E-state index contributed by atoms with van der Waals surface area (Å²) in [5.41, 5.74) is 4.40. The Bertz CT molecular complexity index is 1470. The van der Waals surface area contributed by atoms with E-state index in [0.29, 0.717) is 12.1 Å². The highest BCUT2D eigenvalue weighted by molar-refractivity contribution is 7.22. The summed E-state index contributed by atoms with van der Waals surface area (Å²) in [6.45, 7) is 9.62. The molecule has 178 valence electrons. The zero-order chi connectivity index (χ0) is 24.4. The van der Waals surface area contributed by atoms with Crippen molar-refractivity contribution in [2.24, 2.45) is 0 Å². The van der Waals surface area contributed by atoms with Crippen molar-refractivity contribution >= 4 is 54.8 Å². The van der Waals surface area contributed by atoms with Crippen molar-refractivity contribution in [3.63, 3.8) is 0 Å². The van der Waals surface area contributed by atoms with Crippen LogP contribution >= 0.6 is 22.7 Å². The maximum atomic E-state index is 14.3. The van der Waals surface area contributed by atoms with Gasteiger partial charge in [-0.3, -0.25) is 9.69 Å². The quantitative estimate of drug-likeness (QED) is 0.233. The molecule has 0 saturated heterocycles. The second-order valence-electron chi connectivity index (χ2n) is 8.45. The molecule has 3 heterocycles. The number of para-hydroxylation sites is 2. The standard InChI is InChI=1S/C28H28N4OS2/c1-4-31(5-2)15-16-32(28-30-26-19(3)10-8-13-25(26)35-28)27(33)21-18-23(24-14-9-17-34-24)29-22-12-7-6-11-20(21)22/h6-14,17-18H,4-5,15-16H2,1-3H3. The molecule has 0 bridgehead atoms. The molecule has 5 rings (SSSR count). The van der Waals surface area contributed by atoms with Crippen LogP contribution in [-0.4, -0.2) is 47.0 Å². The molecule has 0 aliphatic carbocycles. The van der Waals surface area contributed by atoms with E-state index in [2.05, 4.69) is 37.8 Å². The van der Waals surface area contributed by atoms with Gasteiger partial charge in [0.05, 0.1) is 31.9 Å². The van der Waals surface area contributed by atoms with E-state index in [0.717, 1.165) is 62.0 Å². The monoisotopic (exact) mass is 500 g/mol. The Hall–Kier alpha value is -3.13. The van der Waals surface area contributed by atoms with Gasteiger partial charge in [0.1, 0.15) is 0 Å². The zero-order valence-electron chi connectivity index (χ0n) is 20.2. The Balaban J connectivity index is 1.63. The summed E-state index contributed by atoms with van der Waals surface area (Å²) >= 11 is 3.21. The third kappa shape index (κ3) is 4.72. The number of carbonyl (C=O) groups is 1. The van der Waals surface area contributed by atoms with Gasteiger partial charge in [0.2, 0.25) is 0 Å². The molecule has 0 N–H and O–H groups in total. The number of rotatable bonds is 8. The number of pyridine rings is 1. The molecule has 3 aromatic heterocycles. The molecule has 1 amide bonds. The summed E-state index contributed by atoms with van der Waals surface area (Å²) in [7, 11) is 0. The Kier molecular flexibility index (Phi) is 6.90. The van der Waals surface area contributed by atoms with Crippen LogP contribution < -0.4 is 4.90 Å². The minimum atomic E-state index is -0.0368. The van der Waals surface area contributed by atoms with Crippen molar-refractivity contribution < 1.29 is 4.79 Å². The maximum absolute atomic E-state index is 14.3. The summed E-state index contributed by atoms with van der Waals surface area (Å²) in [6.07, 6.45) is 0. The van der Waals surface area contributed by atoms with Crippen LogP contribution in [0.5, 0.6) is 0 Å². The number of hydrogen-bond donors (Lipinski definition) is 0. The number of anilines is 1. The summed E-state index contributed by atoms with van der Waals surface area (Å²) < 4.78 is 1.10. The molecule has 5 nitrogen and oxygen atoms in total. The van der Waals surface area contributed by atoms with Gasteiger partial charge in [-0.15, -0.1) is 11.3 Å². The fourth-order valence-electron chi connectivity index (χ4n) is 4.30. The van der Waals surface area contributed by atoms with Gasteiger partial charge < -0.3 is 4.90 Å². The van der Waals surface area contributed by atoms with E-state index in [1.165, 1.54) is 0 Å². The first-order valence-electron chi connectivity index (χ1n) is 11.9. The van der Waals surface area contributed by atoms with Crippen molar-refractivity contribution in [2.75, 3.05) is 31.1 Å². The average Bonchev–Trinajstić information content (AvgIpc) is 3.57. The summed E-state index contributed by atoms with van der Waals surface area (Å²) in [5, 5.41) is 3.64. The van der Waals surface area contributed by atoms with E-state index in [9.17, 15) is 4.79 Å². The Labute approximate surface area is 213 Å². The lowest BCUT2D eigenvalue weighted by atomic mass is 10.1. The number of carbonyl (C=O) groups excluding carboxylic acids is 1. The first-order valence-corrected chi connectivity index (χ1v) is 13.6. The molecule has 5 aromatic rings. The van der Waals surface area contributed by atoms with Crippen LogP contribution in [0.2, 0.25) is 0 Å². The van der Waals surface area contributed by atoms with Gasteiger partial charge >= 0.3 is 0 Å². The molecular weight excluding hydrogens is 472 g/mol. The fraction of sp³-hybridized carbons (Fsp3) is 0.250. The summed E-state index contributed by atoms with van der Waals surface area (Å²) in [5.74, 6) is -0.0368. The number of fused-ring (bicyclic) bond motifs is 2. The van der Waals surface area contributed by atoms with Crippen molar-refractivity contribution in [1.82, 2.24) is 14.9 Å². The highest BCUT2D eigenvalue weighted by atomic mass is 32.1. The van der Waals surface area contributed by atoms with Crippen LogP contribution in [0.15, 0.2) is 66.0 Å². The molecule has 0 aliphatic rings. The van der Waals surface area contributed by atoms with E-state index < -0.39 is 0 Å². The van der Waals surface area contributed by atoms with Crippen LogP contribution in [0.25, 0.3) is 31.7 Å². The molecule has 0 saturated carbocycles. The van der Waals surface area contributed by atoms with E-state index in [1.807, 2.05) is 58.8 Å². The lowest BCUT2D eigenvalue weighted by Crippen LogP contribution is -2.39. The lowest BCUT2D eigenvalue weighted by Gasteiger charge is -2.25. The maximum Gasteiger partial charge on any atom is 0.260 e. The molecule has 7 heteroatoms. The molecule has 35 heavy (non-hydrogen) atoms. The topological polar surface area (TPSA) is 49.3 Å². The van der Waals surface area contributed by atoms with E-state index in [4.69, 9.17) is 9.97 Å². The van der Waals surface area contributed by atoms with Crippen molar-refractivity contribution in [3.05, 3.63) is 77.2 Å². The highest BCUT2D eigenvalue weighted by Crippen LogP contribution is 2.33. The number of aryl methyl sites for hydroxylation is 1. The fourth-order valence-corrected chi connectivity index (χ4v) is 6.06. The number of thiophene rings is 1. The Morgan fingerprint density at radius 3 is 2.51 bits per heavy atom. The second kappa shape index (κ2) is 10.2. The number of amides is 1. The van der Waals surface area contributed by atoms with Crippen LogP contribution in [0.4, 0.5) is 5.13 Å². The van der Waals surface area contributed by atoms with Crippen LogP contribution in [0, 0.1) is 6.92 Å². The summed E-state index contributed by atoms with van der Waals surface area (Å²) in [4.78, 5) is 29.3. The van der Waals surface area contributed by atoms with E-state index in [-0.39, 0.29) is 5.91 Å². The molecule has 2 aromatic carbocycles. The molecule has 0 unspecified atom stereocenters. The minimum absolute atomic E-state index is 0.0368. The van der Waals surface area contributed by atoms with Crippen LogP contribution in [-0.2, 0) is 0 Å². The zero-order valence-corrected chi connectivity index (χ0v) is 21.8. The largest absolute Gasteiger partial charge is 0.302 e. The smallest absolute Gasteiger partial charge is 0.260 e. The Morgan fingerprint density at radius 1 is 0.943 bits per heavy atom. The third-order valence-electron chi connectivity index (χ3n) is 6.34. The van der Waals surface area contributed by atoms with Crippen molar-refractivity contribution in [2.45, 2.75) is 20.8 Å². The van der Waals surface area contributed by atoms with E-state index in [1.54, 1.807) is 22.7 Å². The summed E-state index contributed by atoms with van der Waals surface area (Å²) in [6, 6.07) is 20.1. The Morgan fingerprint density at radius 2 is 1.77 bits per heavy atom. The molecule has 0 aliphatic heterocycles. The highest BCUT2D eigenvalue weighted by Gasteiger charge is 2.25. The van der Waals surface area contributed by atoms with Gasteiger partial charge in [-0.2, -0.15) is 0 Å². The number of hydrogen-bond acceptors (Lipinski definition) is 6. The number of likely N-dealkylation sites (N-methyl/N-ethyl adjacent to an activating group) is 1. The van der Waals surface area contributed by atoms with Crippen LogP contribution in [0.3, 0.4) is 0 Å². The molecule has 0 fully saturated rings. The number of aromatic nitrogens is 2. The van der Waals surface area contributed by atoms with Crippen LogP contribution in [0.1, 0.15) is 29.8 Å². The van der Waals surface area contributed by atoms with Gasteiger partial charge in [0.25, 0.3) is 5.91 Å². The number of thiazole rings is 1. The SMILES string of the molecule is CCN(CC)CCN(C(=O)c1cc(-c2cccs2)nc2ccccc12)c1nc2c(C)cccc2s1. The molecular formula is C28H28N4OS2. The average molecular weight is 501 g/mol. The third-order valence-corrected chi connectivity index (χ3v) is 8.28. The first kappa shape index (κ1) is 23.6. The van der Waals surface area contributed by atoms with Crippen molar-refractivity contribution in [1.29, 1.82) is 0 Å². The number of benzene rings is 2. The normalized spacial score (nSPS) is 11.5. The first-order chi connectivity index (χ1) is 17.1. The molecule has 0 spiro atoms. The van der Waals surface area contributed by atoms with Crippen molar-refractivity contribution in [3.8, 4) is 10.6 Å². The minimum Gasteiger partial charge on any atom is -0.302 e. The van der Waals surface area contributed by atoms with Gasteiger partial charge in [-0.05, 0) is 55.2 Å². The van der Waals surface area contributed by atoms with Gasteiger partial charge in [-0.25, -0.2) is 9.97 Å². The lowest BCUT2D eigenvalue weighted by molar-refractivity contribution is 0.0985. The van der Waals surface area contributed by atoms with Gasteiger partial charge in [0.15, 0.2) is 5.13 Å².